The fraction of sp³-hybridized carbons (Fsp3) is 0.929. The van der Waals surface area contributed by atoms with Crippen molar-refractivity contribution >= 4 is 17.8 Å². The van der Waals surface area contributed by atoms with Crippen LogP contribution in [0.25, 0.3) is 0 Å². The standard InChI is InChI=1S/C14H29N3O5S/c1-16-14(21)17-8-9-10(18)11(19)12(20)13(22-9)23-7-5-3-2-4-6-15/h9-13,18-20H,2-8,15H2,1H3,(H2,16,17,21)/t9-,10-,11+,12+,13+/m1/s1. The van der Waals surface area contributed by atoms with Crippen LogP contribution in [0.1, 0.15) is 25.7 Å². The number of nitrogens with two attached hydrogens (primary N) is 1. The molecule has 1 saturated heterocycles. The molecule has 1 rings (SSSR count). The summed E-state index contributed by atoms with van der Waals surface area (Å²) in [6.45, 7) is 0.750. The van der Waals surface area contributed by atoms with E-state index < -0.39 is 35.9 Å². The van der Waals surface area contributed by atoms with Gasteiger partial charge in [0, 0.05) is 13.6 Å². The second-order valence-corrected chi connectivity index (χ2v) is 6.75. The minimum Gasteiger partial charge on any atom is -0.388 e. The summed E-state index contributed by atoms with van der Waals surface area (Å²) in [6, 6.07) is -0.398. The molecule has 7 N–H and O–H groups in total. The van der Waals surface area contributed by atoms with Crippen molar-refractivity contribution in [1.29, 1.82) is 0 Å². The Balaban J connectivity index is 2.40. The predicted molar refractivity (Wildman–Crippen MR) is 89.1 cm³/mol. The van der Waals surface area contributed by atoms with Gasteiger partial charge >= 0.3 is 6.03 Å². The first kappa shape index (κ1) is 20.5. The van der Waals surface area contributed by atoms with Crippen LogP contribution in [0.5, 0.6) is 0 Å². The van der Waals surface area contributed by atoms with Gasteiger partial charge in [0.1, 0.15) is 29.9 Å². The number of hydrogen-bond donors (Lipinski definition) is 6. The van der Waals surface area contributed by atoms with Crippen molar-refractivity contribution < 1.29 is 24.9 Å². The molecule has 0 aliphatic carbocycles. The Hall–Kier alpha value is -0.580. The lowest BCUT2D eigenvalue weighted by Gasteiger charge is -2.40. The molecule has 8 nitrogen and oxygen atoms in total. The van der Waals surface area contributed by atoms with Crippen LogP contribution in [0.4, 0.5) is 4.79 Å². The summed E-state index contributed by atoms with van der Waals surface area (Å²) in [7, 11) is 1.48. The maximum absolute atomic E-state index is 11.2. The normalized spacial score (nSPS) is 30.9. The van der Waals surface area contributed by atoms with E-state index >= 15 is 0 Å². The Morgan fingerprint density at radius 2 is 1.83 bits per heavy atom. The van der Waals surface area contributed by atoms with Crippen LogP contribution >= 0.6 is 11.8 Å². The van der Waals surface area contributed by atoms with Crippen LogP contribution in [0.2, 0.25) is 0 Å². The number of unbranched alkanes of at least 4 members (excludes halogenated alkanes) is 3. The Morgan fingerprint density at radius 1 is 1.13 bits per heavy atom. The Bertz CT molecular complexity index is 350. The van der Waals surface area contributed by atoms with Gasteiger partial charge in [-0.2, -0.15) is 0 Å². The quantitative estimate of drug-likeness (QED) is 0.292. The molecule has 0 radical (unpaired) electrons. The van der Waals surface area contributed by atoms with Crippen LogP contribution in [0, 0.1) is 0 Å². The molecule has 1 fully saturated rings. The third kappa shape index (κ3) is 6.82. The van der Waals surface area contributed by atoms with Crippen molar-refractivity contribution in [3.8, 4) is 0 Å². The second-order valence-electron chi connectivity index (χ2n) is 5.55. The summed E-state index contributed by atoms with van der Waals surface area (Å²) < 4.78 is 5.64. The van der Waals surface area contributed by atoms with E-state index in [-0.39, 0.29) is 6.54 Å². The van der Waals surface area contributed by atoms with E-state index in [2.05, 4.69) is 10.6 Å². The molecule has 0 unspecified atom stereocenters. The van der Waals surface area contributed by atoms with E-state index in [0.717, 1.165) is 31.4 Å². The molecule has 0 aromatic heterocycles. The van der Waals surface area contributed by atoms with Gasteiger partial charge in [0.15, 0.2) is 0 Å². The summed E-state index contributed by atoms with van der Waals surface area (Å²) in [6.07, 6.45) is -0.359. The van der Waals surface area contributed by atoms with Crippen molar-refractivity contribution in [2.45, 2.75) is 55.5 Å². The maximum atomic E-state index is 11.2. The van der Waals surface area contributed by atoms with E-state index in [0.29, 0.717) is 6.54 Å². The summed E-state index contributed by atoms with van der Waals surface area (Å²) in [4.78, 5) is 11.2. The van der Waals surface area contributed by atoms with Crippen molar-refractivity contribution in [3.63, 3.8) is 0 Å². The molecule has 1 aliphatic heterocycles. The fourth-order valence-corrected chi connectivity index (χ4v) is 3.49. The minimum absolute atomic E-state index is 0.0538. The molecule has 0 aromatic rings. The van der Waals surface area contributed by atoms with Crippen molar-refractivity contribution in [3.05, 3.63) is 0 Å². The zero-order valence-corrected chi connectivity index (χ0v) is 14.3. The number of amides is 2. The highest BCUT2D eigenvalue weighted by atomic mass is 32.2. The third-order valence-corrected chi connectivity index (χ3v) is 4.98. The highest BCUT2D eigenvalue weighted by molar-refractivity contribution is 7.99. The van der Waals surface area contributed by atoms with Crippen molar-refractivity contribution in [2.24, 2.45) is 5.73 Å². The lowest BCUT2D eigenvalue weighted by atomic mass is 10.00. The molecule has 0 saturated carbocycles. The number of nitrogens with one attached hydrogen (secondary N) is 2. The smallest absolute Gasteiger partial charge is 0.314 e. The number of ether oxygens (including phenoxy) is 1. The number of urea groups is 1. The van der Waals surface area contributed by atoms with Crippen LogP contribution in [-0.2, 0) is 4.74 Å². The lowest BCUT2D eigenvalue weighted by molar-refractivity contribution is -0.195. The van der Waals surface area contributed by atoms with Gasteiger partial charge in [0.25, 0.3) is 0 Å². The largest absolute Gasteiger partial charge is 0.388 e. The monoisotopic (exact) mass is 351 g/mol. The first-order valence-corrected chi connectivity index (χ1v) is 9.03. The van der Waals surface area contributed by atoms with Crippen LogP contribution in [-0.4, -0.2) is 77.1 Å². The molecule has 1 heterocycles. The predicted octanol–water partition coefficient (Wildman–Crippen LogP) is -1.02. The van der Waals surface area contributed by atoms with E-state index in [9.17, 15) is 20.1 Å². The molecule has 0 bridgehead atoms. The average molecular weight is 351 g/mol. The van der Waals surface area contributed by atoms with Gasteiger partial charge in [-0.3, -0.25) is 0 Å². The molecule has 2 amide bonds. The second kappa shape index (κ2) is 11.1. The molecule has 23 heavy (non-hydrogen) atoms. The van der Waals surface area contributed by atoms with Gasteiger partial charge < -0.3 is 36.4 Å². The summed E-state index contributed by atoms with van der Waals surface area (Å²) >= 11 is 1.41. The molecule has 136 valence electrons. The van der Waals surface area contributed by atoms with Crippen LogP contribution < -0.4 is 16.4 Å². The van der Waals surface area contributed by atoms with Crippen molar-refractivity contribution in [2.75, 3.05) is 25.9 Å². The average Bonchev–Trinajstić information content (AvgIpc) is 2.56. The summed E-state index contributed by atoms with van der Waals surface area (Å²) in [5.74, 6) is 0.782. The van der Waals surface area contributed by atoms with Gasteiger partial charge in [0.05, 0.1) is 0 Å². The first-order chi connectivity index (χ1) is 11.0. The van der Waals surface area contributed by atoms with Gasteiger partial charge in [-0.05, 0) is 25.1 Å². The third-order valence-electron chi connectivity index (χ3n) is 3.74. The lowest BCUT2D eigenvalue weighted by Crippen LogP contribution is -2.59. The number of rotatable bonds is 9. The van der Waals surface area contributed by atoms with E-state index in [1.54, 1.807) is 0 Å². The Morgan fingerprint density at radius 3 is 2.48 bits per heavy atom. The Kier molecular flexibility index (Phi) is 9.84. The molecule has 9 heteroatoms. The van der Waals surface area contributed by atoms with Gasteiger partial charge in [-0.1, -0.05) is 12.8 Å². The molecule has 5 atom stereocenters. The number of aliphatic hydroxyl groups excluding tert-OH is 3. The van der Waals surface area contributed by atoms with Crippen LogP contribution in [0.3, 0.4) is 0 Å². The number of thioether (sulfide) groups is 1. The molecule has 0 spiro atoms. The van der Waals surface area contributed by atoms with E-state index in [4.69, 9.17) is 10.5 Å². The highest BCUT2D eigenvalue weighted by Crippen LogP contribution is 2.29. The van der Waals surface area contributed by atoms with Crippen molar-refractivity contribution in [1.82, 2.24) is 10.6 Å². The maximum Gasteiger partial charge on any atom is 0.314 e. The topological polar surface area (TPSA) is 137 Å². The Labute approximate surface area is 141 Å². The minimum atomic E-state index is -1.30. The van der Waals surface area contributed by atoms with E-state index in [1.807, 2.05) is 0 Å². The summed E-state index contributed by atoms with van der Waals surface area (Å²) in [5.41, 5.74) is 4.81. The van der Waals surface area contributed by atoms with Gasteiger partial charge in [0.2, 0.25) is 0 Å². The summed E-state index contributed by atoms with van der Waals surface area (Å²) in [5, 5.41) is 34.8. The molecular weight excluding hydrogens is 322 g/mol. The van der Waals surface area contributed by atoms with E-state index in [1.165, 1.54) is 18.8 Å². The number of hydrogen-bond acceptors (Lipinski definition) is 7. The number of carbonyl (C=O) groups excluding carboxylic acids is 1. The highest BCUT2D eigenvalue weighted by Gasteiger charge is 2.43. The first-order valence-electron chi connectivity index (χ1n) is 7.98. The molecular formula is C14H29N3O5S. The zero-order valence-electron chi connectivity index (χ0n) is 13.5. The molecule has 1 aliphatic rings. The van der Waals surface area contributed by atoms with Gasteiger partial charge in [-0.25, -0.2) is 4.79 Å². The fourth-order valence-electron chi connectivity index (χ4n) is 2.30. The number of carbonyl (C=O) groups is 1. The number of aliphatic hydroxyl groups is 3. The zero-order chi connectivity index (χ0) is 17.2. The SMILES string of the molecule is CNC(=O)NC[C@H]1O[C@@H](SCCCCCCN)[C@@H](O)[C@@H](O)[C@@H]1O. The molecule has 0 aromatic carbocycles. The van der Waals surface area contributed by atoms with Crippen LogP contribution in [0.15, 0.2) is 0 Å². The van der Waals surface area contributed by atoms with Gasteiger partial charge in [-0.15, -0.1) is 11.8 Å².